The Morgan fingerprint density at radius 2 is 1.86 bits per heavy atom. The minimum absolute atomic E-state index is 0.197. The maximum atomic E-state index is 12.5. The zero-order valence-electron chi connectivity index (χ0n) is 15.4. The topological polar surface area (TPSA) is 91.0 Å². The fourth-order valence-corrected chi connectivity index (χ4v) is 3.00. The van der Waals surface area contributed by atoms with Crippen molar-refractivity contribution in [2.45, 2.75) is 6.54 Å². The Hall–Kier alpha value is -3.65. The average Bonchev–Trinajstić information content (AvgIpc) is 3.09. The third-order valence-corrected chi connectivity index (χ3v) is 4.56. The number of carbonyl (C=O) groups excluding carboxylic acids is 1. The Labute approximate surface area is 170 Å². The van der Waals surface area contributed by atoms with Crippen LogP contribution in [-0.4, -0.2) is 25.2 Å². The van der Waals surface area contributed by atoms with Gasteiger partial charge in [-0.05, 0) is 24.3 Å². The quantitative estimate of drug-likeness (QED) is 0.546. The molecule has 0 atom stereocenters. The van der Waals surface area contributed by atoms with E-state index in [0.29, 0.717) is 33.2 Å². The summed E-state index contributed by atoms with van der Waals surface area (Å²) in [6.45, 7) is -0.197. The van der Waals surface area contributed by atoms with E-state index >= 15 is 0 Å². The minimum atomic E-state index is -0.396. The van der Waals surface area contributed by atoms with Gasteiger partial charge in [0, 0.05) is 7.05 Å². The lowest BCUT2D eigenvalue weighted by atomic mass is 10.2. The molecular formula is C20H16ClN5O3. The molecule has 29 heavy (non-hydrogen) atoms. The summed E-state index contributed by atoms with van der Waals surface area (Å²) in [7, 11) is 1.70. The van der Waals surface area contributed by atoms with Crippen LogP contribution in [0.2, 0.25) is 5.02 Å². The molecule has 0 aliphatic carbocycles. The van der Waals surface area contributed by atoms with Crippen molar-refractivity contribution in [3.8, 4) is 11.5 Å². The number of amides is 1. The van der Waals surface area contributed by atoms with Gasteiger partial charge in [0.15, 0.2) is 11.4 Å². The highest BCUT2D eigenvalue weighted by molar-refractivity contribution is 6.32. The summed E-state index contributed by atoms with van der Waals surface area (Å²) in [5.41, 5.74) is 0.588. The van der Waals surface area contributed by atoms with Crippen molar-refractivity contribution in [3.05, 3.63) is 76.4 Å². The van der Waals surface area contributed by atoms with Crippen LogP contribution in [-0.2, 0) is 18.4 Å². The third-order valence-electron chi connectivity index (χ3n) is 4.25. The highest BCUT2D eigenvalue weighted by Gasteiger charge is 2.13. The van der Waals surface area contributed by atoms with Crippen LogP contribution >= 0.6 is 11.6 Å². The number of nitrogens with zero attached hydrogens (tertiary/aromatic N) is 4. The second kappa shape index (κ2) is 7.76. The van der Waals surface area contributed by atoms with Crippen LogP contribution in [0.3, 0.4) is 0 Å². The van der Waals surface area contributed by atoms with E-state index in [1.165, 1.54) is 21.8 Å². The molecule has 0 radical (unpaired) electrons. The van der Waals surface area contributed by atoms with Crippen LogP contribution in [0.25, 0.3) is 11.0 Å². The Bertz CT molecular complexity index is 1260. The summed E-state index contributed by atoms with van der Waals surface area (Å²) < 4.78 is 8.57. The van der Waals surface area contributed by atoms with Crippen molar-refractivity contribution in [2.75, 3.05) is 5.32 Å². The Kier molecular flexibility index (Phi) is 5.01. The predicted octanol–water partition coefficient (Wildman–Crippen LogP) is 3.21. The molecule has 2 heterocycles. The van der Waals surface area contributed by atoms with Gasteiger partial charge in [-0.1, -0.05) is 35.9 Å². The van der Waals surface area contributed by atoms with E-state index in [9.17, 15) is 9.59 Å². The normalized spacial score (nSPS) is 10.8. The van der Waals surface area contributed by atoms with Crippen molar-refractivity contribution in [1.29, 1.82) is 0 Å². The second-order valence-electron chi connectivity index (χ2n) is 6.26. The average molecular weight is 410 g/mol. The minimum Gasteiger partial charge on any atom is -0.454 e. The molecule has 0 aliphatic heterocycles. The number of fused-ring (bicyclic) bond motifs is 1. The van der Waals surface area contributed by atoms with Gasteiger partial charge in [0.25, 0.3) is 5.56 Å². The zero-order valence-corrected chi connectivity index (χ0v) is 16.1. The number of ether oxygens (including phenoxy) is 1. The molecule has 9 heteroatoms. The number of nitrogens with one attached hydrogen (secondary N) is 1. The van der Waals surface area contributed by atoms with E-state index < -0.39 is 5.91 Å². The number of rotatable bonds is 5. The van der Waals surface area contributed by atoms with Gasteiger partial charge in [-0.3, -0.25) is 18.8 Å². The van der Waals surface area contributed by atoms with Crippen LogP contribution < -0.4 is 15.6 Å². The number of halogens is 1. The van der Waals surface area contributed by atoms with Crippen LogP contribution in [0.4, 0.5) is 5.69 Å². The molecule has 8 nitrogen and oxygen atoms in total. The first-order valence-electron chi connectivity index (χ1n) is 8.71. The third kappa shape index (κ3) is 3.83. The zero-order chi connectivity index (χ0) is 20.4. The first kappa shape index (κ1) is 18.7. The van der Waals surface area contributed by atoms with E-state index in [1.807, 2.05) is 0 Å². The number of para-hydroxylation sites is 3. The van der Waals surface area contributed by atoms with Gasteiger partial charge in [0.05, 0.1) is 16.9 Å². The highest BCUT2D eigenvalue weighted by atomic mass is 35.5. The first-order valence-corrected chi connectivity index (χ1v) is 9.09. The standard InChI is InChI=1S/C20H16ClN5O3/c1-25-19-13(10-23-25)20(28)26(12-22-19)11-18(27)24-15-7-3-5-9-17(15)29-16-8-4-2-6-14(16)21/h2-10,12H,11H2,1H3,(H,24,27). The van der Waals surface area contributed by atoms with Gasteiger partial charge >= 0.3 is 0 Å². The smallest absolute Gasteiger partial charge is 0.264 e. The van der Waals surface area contributed by atoms with Crippen LogP contribution in [0.1, 0.15) is 0 Å². The van der Waals surface area contributed by atoms with Crippen molar-refractivity contribution >= 4 is 34.2 Å². The lowest BCUT2D eigenvalue weighted by Gasteiger charge is -2.13. The van der Waals surface area contributed by atoms with E-state index in [1.54, 1.807) is 55.6 Å². The molecule has 1 amide bonds. The van der Waals surface area contributed by atoms with E-state index in [-0.39, 0.29) is 12.1 Å². The summed E-state index contributed by atoms with van der Waals surface area (Å²) >= 11 is 6.14. The van der Waals surface area contributed by atoms with Crippen molar-refractivity contribution in [2.24, 2.45) is 7.05 Å². The van der Waals surface area contributed by atoms with E-state index in [2.05, 4.69) is 15.4 Å². The van der Waals surface area contributed by atoms with Gasteiger partial charge in [-0.15, -0.1) is 0 Å². The number of aromatic nitrogens is 4. The molecular weight excluding hydrogens is 394 g/mol. The molecule has 0 fully saturated rings. The van der Waals surface area contributed by atoms with Crippen LogP contribution in [0.15, 0.2) is 65.8 Å². The molecule has 4 aromatic rings. The van der Waals surface area contributed by atoms with Crippen LogP contribution in [0.5, 0.6) is 11.5 Å². The molecule has 2 aromatic carbocycles. The molecule has 0 saturated carbocycles. The molecule has 0 aliphatic rings. The van der Waals surface area contributed by atoms with Gasteiger partial charge in [0.2, 0.25) is 5.91 Å². The summed E-state index contributed by atoms with van der Waals surface area (Å²) in [5, 5.41) is 7.59. The van der Waals surface area contributed by atoms with Crippen molar-refractivity contribution in [1.82, 2.24) is 19.3 Å². The number of hydrogen-bond acceptors (Lipinski definition) is 5. The molecule has 0 bridgehead atoms. The maximum absolute atomic E-state index is 12.5. The summed E-state index contributed by atoms with van der Waals surface area (Å²) in [6, 6.07) is 14.0. The molecule has 2 aromatic heterocycles. The van der Waals surface area contributed by atoms with Gasteiger partial charge < -0.3 is 10.1 Å². The molecule has 0 saturated heterocycles. The molecule has 1 N–H and O–H groups in total. The SMILES string of the molecule is Cn1ncc2c(=O)n(CC(=O)Nc3ccccc3Oc3ccccc3Cl)cnc21. The predicted molar refractivity (Wildman–Crippen MR) is 109 cm³/mol. The molecule has 4 rings (SSSR count). The largest absolute Gasteiger partial charge is 0.454 e. The summed E-state index contributed by atoms with van der Waals surface area (Å²) in [6.07, 6.45) is 2.77. The highest BCUT2D eigenvalue weighted by Crippen LogP contribution is 2.33. The van der Waals surface area contributed by atoms with E-state index in [4.69, 9.17) is 16.3 Å². The lowest BCUT2D eigenvalue weighted by molar-refractivity contribution is -0.116. The monoisotopic (exact) mass is 409 g/mol. The Morgan fingerprint density at radius 3 is 2.66 bits per heavy atom. The van der Waals surface area contributed by atoms with Crippen LogP contribution in [0, 0.1) is 0 Å². The molecule has 146 valence electrons. The maximum Gasteiger partial charge on any atom is 0.264 e. The van der Waals surface area contributed by atoms with E-state index in [0.717, 1.165) is 0 Å². The molecule has 0 spiro atoms. The number of carbonyl (C=O) groups is 1. The van der Waals surface area contributed by atoms with Gasteiger partial charge in [-0.2, -0.15) is 5.10 Å². The Balaban J connectivity index is 1.54. The van der Waals surface area contributed by atoms with Gasteiger partial charge in [0.1, 0.15) is 24.0 Å². The molecule has 0 unspecified atom stereocenters. The van der Waals surface area contributed by atoms with Crippen molar-refractivity contribution in [3.63, 3.8) is 0 Å². The number of aryl methyl sites for hydroxylation is 1. The van der Waals surface area contributed by atoms with Gasteiger partial charge in [-0.25, -0.2) is 4.98 Å². The number of benzene rings is 2. The fourth-order valence-electron chi connectivity index (χ4n) is 2.83. The Morgan fingerprint density at radius 1 is 1.14 bits per heavy atom. The number of anilines is 1. The lowest BCUT2D eigenvalue weighted by Crippen LogP contribution is -2.28. The fraction of sp³-hybridized carbons (Fsp3) is 0.100. The summed E-state index contributed by atoms with van der Waals surface area (Å²) in [5.74, 6) is 0.507. The van der Waals surface area contributed by atoms with Crippen molar-refractivity contribution < 1.29 is 9.53 Å². The first-order chi connectivity index (χ1) is 14.0. The second-order valence-corrected chi connectivity index (χ2v) is 6.67. The number of hydrogen-bond donors (Lipinski definition) is 1. The summed E-state index contributed by atoms with van der Waals surface area (Å²) in [4.78, 5) is 29.3.